The molecule has 1 aliphatic rings. The molecule has 0 bridgehead atoms. The van der Waals surface area contributed by atoms with Crippen molar-refractivity contribution in [2.75, 3.05) is 20.1 Å². The van der Waals surface area contributed by atoms with Gasteiger partial charge in [-0.3, -0.25) is 0 Å². The Labute approximate surface area is 108 Å². The standard InChI is InChI=1S/C15H32N2/c1-12(2)13(10-16)11-17(5)14-6-8-15(3,4)9-7-14/h12-14H,6-11,16H2,1-5H3. The number of nitrogens with zero attached hydrogens (tertiary/aromatic N) is 1. The lowest BCUT2D eigenvalue weighted by atomic mass is 9.75. The van der Waals surface area contributed by atoms with Crippen molar-refractivity contribution in [3.63, 3.8) is 0 Å². The van der Waals surface area contributed by atoms with Gasteiger partial charge in [-0.2, -0.15) is 0 Å². The van der Waals surface area contributed by atoms with Gasteiger partial charge in [0, 0.05) is 12.6 Å². The smallest absolute Gasteiger partial charge is 0.00927 e. The van der Waals surface area contributed by atoms with Crippen LogP contribution in [0.1, 0.15) is 53.4 Å². The fourth-order valence-corrected chi connectivity index (χ4v) is 2.90. The van der Waals surface area contributed by atoms with Gasteiger partial charge in [0.25, 0.3) is 0 Å². The van der Waals surface area contributed by atoms with E-state index in [2.05, 4.69) is 39.6 Å². The molecule has 2 heteroatoms. The lowest BCUT2D eigenvalue weighted by molar-refractivity contribution is 0.108. The quantitative estimate of drug-likeness (QED) is 0.800. The van der Waals surface area contributed by atoms with Crippen molar-refractivity contribution in [2.45, 2.75) is 59.4 Å². The summed E-state index contributed by atoms with van der Waals surface area (Å²) in [5.41, 5.74) is 6.44. The third-order valence-electron chi connectivity index (χ3n) is 4.70. The average Bonchev–Trinajstić information content (AvgIpc) is 2.25. The Morgan fingerprint density at radius 3 is 2.18 bits per heavy atom. The van der Waals surface area contributed by atoms with Crippen molar-refractivity contribution < 1.29 is 0 Å². The van der Waals surface area contributed by atoms with E-state index in [9.17, 15) is 0 Å². The van der Waals surface area contributed by atoms with Crippen molar-refractivity contribution in [3.8, 4) is 0 Å². The fourth-order valence-electron chi connectivity index (χ4n) is 2.90. The molecule has 1 fully saturated rings. The molecule has 1 rings (SSSR count). The van der Waals surface area contributed by atoms with E-state index in [0.717, 1.165) is 12.6 Å². The van der Waals surface area contributed by atoms with E-state index in [4.69, 9.17) is 5.73 Å². The summed E-state index contributed by atoms with van der Waals surface area (Å²) in [6.45, 7) is 11.4. The summed E-state index contributed by atoms with van der Waals surface area (Å²) in [4.78, 5) is 2.56. The van der Waals surface area contributed by atoms with Crippen LogP contribution in [0, 0.1) is 17.3 Å². The van der Waals surface area contributed by atoms with Crippen LogP contribution in [0.3, 0.4) is 0 Å². The highest BCUT2D eigenvalue weighted by Gasteiger charge is 2.29. The van der Waals surface area contributed by atoms with Crippen molar-refractivity contribution in [2.24, 2.45) is 23.0 Å². The zero-order valence-electron chi connectivity index (χ0n) is 12.5. The second-order valence-corrected chi connectivity index (χ2v) is 7.07. The minimum Gasteiger partial charge on any atom is -0.330 e. The minimum atomic E-state index is 0.572. The van der Waals surface area contributed by atoms with Gasteiger partial charge in [0.15, 0.2) is 0 Å². The number of hydrogen-bond acceptors (Lipinski definition) is 2. The van der Waals surface area contributed by atoms with Crippen LogP contribution in [0.15, 0.2) is 0 Å². The van der Waals surface area contributed by atoms with Crippen LogP contribution in [0.25, 0.3) is 0 Å². The maximum Gasteiger partial charge on any atom is 0.00927 e. The molecule has 2 N–H and O–H groups in total. The predicted molar refractivity (Wildman–Crippen MR) is 76.0 cm³/mol. The Balaban J connectivity index is 2.40. The molecule has 0 aromatic heterocycles. The van der Waals surface area contributed by atoms with Gasteiger partial charge in [-0.1, -0.05) is 27.7 Å². The fraction of sp³-hybridized carbons (Fsp3) is 1.00. The van der Waals surface area contributed by atoms with Gasteiger partial charge < -0.3 is 10.6 Å². The summed E-state index contributed by atoms with van der Waals surface area (Å²) < 4.78 is 0. The SMILES string of the molecule is CC(C)C(CN)CN(C)C1CCC(C)(C)CC1. The summed E-state index contributed by atoms with van der Waals surface area (Å²) >= 11 is 0. The molecule has 0 radical (unpaired) electrons. The van der Waals surface area contributed by atoms with Crippen LogP contribution < -0.4 is 5.73 Å². The number of hydrogen-bond donors (Lipinski definition) is 1. The molecular weight excluding hydrogens is 208 g/mol. The normalized spacial score (nSPS) is 23.3. The van der Waals surface area contributed by atoms with Crippen LogP contribution in [0.5, 0.6) is 0 Å². The number of nitrogens with two attached hydrogens (primary N) is 1. The maximum absolute atomic E-state index is 5.87. The van der Waals surface area contributed by atoms with Crippen LogP contribution in [0.4, 0.5) is 0 Å². The molecule has 0 spiro atoms. The monoisotopic (exact) mass is 240 g/mol. The first kappa shape index (κ1) is 15.0. The summed E-state index contributed by atoms with van der Waals surface area (Å²) in [5, 5.41) is 0. The maximum atomic E-state index is 5.87. The highest BCUT2D eigenvalue weighted by molar-refractivity contribution is 4.83. The van der Waals surface area contributed by atoms with Crippen LogP contribution in [-0.4, -0.2) is 31.1 Å². The van der Waals surface area contributed by atoms with Crippen LogP contribution >= 0.6 is 0 Å². The Morgan fingerprint density at radius 1 is 1.24 bits per heavy atom. The second-order valence-electron chi connectivity index (χ2n) is 7.07. The molecular formula is C15H32N2. The third kappa shape index (κ3) is 4.59. The third-order valence-corrected chi connectivity index (χ3v) is 4.70. The van der Waals surface area contributed by atoms with E-state index in [0.29, 0.717) is 17.3 Å². The first-order valence-electron chi connectivity index (χ1n) is 7.26. The molecule has 2 nitrogen and oxygen atoms in total. The highest BCUT2D eigenvalue weighted by Crippen LogP contribution is 2.36. The molecule has 0 saturated heterocycles. The zero-order chi connectivity index (χ0) is 13.1. The largest absolute Gasteiger partial charge is 0.330 e. The molecule has 1 aliphatic carbocycles. The molecule has 102 valence electrons. The molecule has 0 amide bonds. The van der Waals surface area contributed by atoms with Crippen molar-refractivity contribution >= 4 is 0 Å². The average molecular weight is 240 g/mol. The van der Waals surface area contributed by atoms with E-state index < -0.39 is 0 Å². The van der Waals surface area contributed by atoms with Gasteiger partial charge in [0.1, 0.15) is 0 Å². The molecule has 0 aromatic carbocycles. The van der Waals surface area contributed by atoms with E-state index in [1.807, 2.05) is 0 Å². The molecule has 1 atom stereocenters. The van der Waals surface area contributed by atoms with Gasteiger partial charge in [-0.25, -0.2) is 0 Å². The van der Waals surface area contributed by atoms with Crippen molar-refractivity contribution in [3.05, 3.63) is 0 Å². The molecule has 0 aromatic rings. The summed E-state index contributed by atoms with van der Waals surface area (Å²) in [6, 6.07) is 0.788. The Morgan fingerprint density at radius 2 is 1.76 bits per heavy atom. The van der Waals surface area contributed by atoms with Gasteiger partial charge in [-0.05, 0) is 56.5 Å². The minimum absolute atomic E-state index is 0.572. The van der Waals surface area contributed by atoms with E-state index in [-0.39, 0.29) is 0 Å². The van der Waals surface area contributed by atoms with Gasteiger partial charge in [-0.15, -0.1) is 0 Å². The highest BCUT2D eigenvalue weighted by atomic mass is 15.1. The molecule has 1 unspecified atom stereocenters. The summed E-state index contributed by atoms with van der Waals surface area (Å²) in [5.74, 6) is 1.34. The van der Waals surface area contributed by atoms with Gasteiger partial charge >= 0.3 is 0 Å². The van der Waals surface area contributed by atoms with Crippen molar-refractivity contribution in [1.29, 1.82) is 0 Å². The number of rotatable bonds is 5. The molecule has 0 heterocycles. The Bertz CT molecular complexity index is 213. The molecule has 17 heavy (non-hydrogen) atoms. The zero-order valence-corrected chi connectivity index (χ0v) is 12.5. The van der Waals surface area contributed by atoms with E-state index in [1.54, 1.807) is 0 Å². The second kappa shape index (κ2) is 6.19. The predicted octanol–water partition coefficient (Wildman–Crippen LogP) is 3.12. The van der Waals surface area contributed by atoms with E-state index in [1.165, 1.54) is 32.2 Å². The summed E-state index contributed by atoms with van der Waals surface area (Å²) in [7, 11) is 2.29. The molecule has 0 aliphatic heterocycles. The van der Waals surface area contributed by atoms with Crippen molar-refractivity contribution in [1.82, 2.24) is 4.90 Å². The first-order chi connectivity index (χ1) is 7.85. The lowest BCUT2D eigenvalue weighted by Gasteiger charge is -2.40. The topological polar surface area (TPSA) is 29.3 Å². The lowest BCUT2D eigenvalue weighted by Crippen LogP contribution is -2.42. The van der Waals surface area contributed by atoms with Crippen LogP contribution in [0.2, 0.25) is 0 Å². The first-order valence-corrected chi connectivity index (χ1v) is 7.26. The Hall–Kier alpha value is -0.0800. The Kier molecular flexibility index (Phi) is 5.46. The molecule has 1 saturated carbocycles. The van der Waals surface area contributed by atoms with Crippen LogP contribution in [-0.2, 0) is 0 Å². The van der Waals surface area contributed by atoms with E-state index >= 15 is 0 Å². The van der Waals surface area contributed by atoms with Gasteiger partial charge in [0.05, 0.1) is 0 Å². The van der Waals surface area contributed by atoms with Gasteiger partial charge in [0.2, 0.25) is 0 Å². The summed E-state index contributed by atoms with van der Waals surface area (Å²) in [6.07, 6.45) is 5.46.